The summed E-state index contributed by atoms with van der Waals surface area (Å²) in [5.41, 5.74) is 5.36. The average molecular weight is 230 g/mol. The van der Waals surface area contributed by atoms with Crippen LogP contribution in [-0.4, -0.2) is 48.7 Å². The Labute approximate surface area is 98.7 Å². The molecule has 0 amide bonds. The van der Waals surface area contributed by atoms with E-state index in [0.717, 1.165) is 39.1 Å². The highest BCUT2D eigenvalue weighted by molar-refractivity contribution is 5.79. The van der Waals surface area contributed by atoms with Gasteiger partial charge < -0.3 is 21.2 Å². The van der Waals surface area contributed by atoms with Crippen LogP contribution in [0.5, 0.6) is 0 Å². The molecule has 16 heavy (non-hydrogen) atoms. The zero-order chi connectivity index (χ0) is 12.2. The molecule has 0 heterocycles. The fraction of sp³-hybridized carbons (Fsp3) is 0.909. The van der Waals surface area contributed by atoms with Crippen molar-refractivity contribution < 1.29 is 5.21 Å². The van der Waals surface area contributed by atoms with E-state index in [1.807, 2.05) is 0 Å². The summed E-state index contributed by atoms with van der Waals surface area (Å²) in [6, 6.07) is 0. The topological polar surface area (TPSA) is 73.9 Å². The van der Waals surface area contributed by atoms with Crippen molar-refractivity contribution in [3.63, 3.8) is 0 Å². The third kappa shape index (κ3) is 8.49. The molecule has 0 radical (unpaired) electrons. The molecule has 0 aromatic carbocycles. The molecule has 0 unspecified atom stereocenters. The number of nitrogens with two attached hydrogens (primary N) is 1. The van der Waals surface area contributed by atoms with Gasteiger partial charge in [-0.3, -0.25) is 0 Å². The molecule has 5 heteroatoms. The van der Waals surface area contributed by atoms with E-state index < -0.39 is 0 Å². The van der Waals surface area contributed by atoms with Crippen molar-refractivity contribution in [2.24, 2.45) is 10.9 Å². The molecule has 0 rings (SSSR count). The first-order chi connectivity index (χ1) is 7.74. The van der Waals surface area contributed by atoms with Crippen LogP contribution in [0.25, 0.3) is 0 Å². The lowest BCUT2D eigenvalue weighted by Crippen LogP contribution is -2.27. The first-order valence-electron chi connectivity index (χ1n) is 6.14. The van der Waals surface area contributed by atoms with Gasteiger partial charge >= 0.3 is 0 Å². The van der Waals surface area contributed by atoms with E-state index >= 15 is 0 Å². The molecule has 0 aromatic heterocycles. The maximum absolute atomic E-state index is 8.33. The smallest absolute Gasteiger partial charge is 0.139 e. The average Bonchev–Trinajstić information content (AvgIpc) is 2.32. The third-order valence-electron chi connectivity index (χ3n) is 2.64. The Bertz CT molecular complexity index is 181. The summed E-state index contributed by atoms with van der Waals surface area (Å²) in [7, 11) is 0. The fourth-order valence-corrected chi connectivity index (χ4v) is 1.54. The summed E-state index contributed by atoms with van der Waals surface area (Å²) in [5, 5.41) is 14.6. The molecule has 5 nitrogen and oxygen atoms in total. The van der Waals surface area contributed by atoms with Crippen molar-refractivity contribution in [3.8, 4) is 0 Å². The lowest BCUT2D eigenvalue weighted by Gasteiger charge is -2.17. The van der Waals surface area contributed by atoms with Gasteiger partial charge in [0, 0.05) is 6.42 Å². The van der Waals surface area contributed by atoms with Gasteiger partial charge in [0.2, 0.25) is 0 Å². The van der Waals surface area contributed by atoms with E-state index in [2.05, 4.69) is 29.2 Å². The first-order valence-corrected chi connectivity index (χ1v) is 6.14. The van der Waals surface area contributed by atoms with Crippen LogP contribution in [-0.2, 0) is 0 Å². The van der Waals surface area contributed by atoms with Gasteiger partial charge in [-0.1, -0.05) is 19.0 Å². The Hall–Kier alpha value is -0.810. The number of nitrogens with zero attached hydrogens (tertiary/aromatic N) is 2. The van der Waals surface area contributed by atoms with Crippen molar-refractivity contribution in [1.29, 1.82) is 0 Å². The highest BCUT2D eigenvalue weighted by atomic mass is 16.4. The van der Waals surface area contributed by atoms with Crippen LogP contribution in [0.15, 0.2) is 5.16 Å². The first kappa shape index (κ1) is 15.2. The fourth-order valence-electron chi connectivity index (χ4n) is 1.54. The lowest BCUT2D eigenvalue weighted by atomic mass is 10.3. The van der Waals surface area contributed by atoms with Crippen LogP contribution in [0.4, 0.5) is 0 Å². The monoisotopic (exact) mass is 230 g/mol. The molecule has 0 saturated carbocycles. The van der Waals surface area contributed by atoms with E-state index in [4.69, 9.17) is 10.9 Å². The zero-order valence-electron chi connectivity index (χ0n) is 10.6. The molecule has 0 bridgehead atoms. The van der Waals surface area contributed by atoms with Crippen molar-refractivity contribution in [3.05, 3.63) is 0 Å². The maximum Gasteiger partial charge on any atom is 0.139 e. The summed E-state index contributed by atoms with van der Waals surface area (Å²) in [6.07, 6.45) is 2.74. The predicted octanol–water partition coefficient (Wildman–Crippen LogP) is 0.835. The Balaban J connectivity index is 3.21. The van der Waals surface area contributed by atoms with Crippen molar-refractivity contribution in [2.75, 3.05) is 32.7 Å². The highest BCUT2D eigenvalue weighted by Gasteiger charge is 1.97. The summed E-state index contributed by atoms with van der Waals surface area (Å²) < 4.78 is 0. The van der Waals surface area contributed by atoms with Gasteiger partial charge in [0.25, 0.3) is 0 Å². The molecule has 0 aliphatic rings. The molecule has 96 valence electrons. The molecule has 4 N–H and O–H groups in total. The van der Waals surface area contributed by atoms with Gasteiger partial charge in [0.05, 0.1) is 0 Å². The minimum atomic E-state index is 0.310. The minimum Gasteiger partial charge on any atom is -0.409 e. The normalized spacial score (nSPS) is 12.3. The SMILES string of the molecule is CCN(CC)CCCNCCCC(N)=NO. The maximum atomic E-state index is 8.33. The lowest BCUT2D eigenvalue weighted by molar-refractivity contribution is 0.298. The zero-order valence-corrected chi connectivity index (χ0v) is 10.6. The summed E-state index contributed by atoms with van der Waals surface area (Å²) in [5.74, 6) is 0.310. The second kappa shape index (κ2) is 10.7. The quantitative estimate of drug-likeness (QED) is 0.171. The Morgan fingerprint density at radius 1 is 1.25 bits per heavy atom. The highest BCUT2D eigenvalue weighted by Crippen LogP contribution is 1.90. The summed E-state index contributed by atoms with van der Waals surface area (Å²) >= 11 is 0. The number of rotatable bonds is 10. The van der Waals surface area contributed by atoms with Crippen LogP contribution in [0.1, 0.15) is 33.1 Å². The molecule has 0 aromatic rings. The van der Waals surface area contributed by atoms with Crippen LogP contribution in [0.2, 0.25) is 0 Å². The van der Waals surface area contributed by atoms with E-state index in [-0.39, 0.29) is 0 Å². The van der Waals surface area contributed by atoms with E-state index in [1.165, 1.54) is 6.42 Å². The number of amidine groups is 1. The Kier molecular flexibility index (Phi) is 10.2. The van der Waals surface area contributed by atoms with Gasteiger partial charge in [-0.25, -0.2) is 0 Å². The molecular formula is C11H26N4O. The molecule has 0 atom stereocenters. The van der Waals surface area contributed by atoms with E-state index in [0.29, 0.717) is 12.3 Å². The molecular weight excluding hydrogens is 204 g/mol. The predicted molar refractivity (Wildman–Crippen MR) is 67.9 cm³/mol. The van der Waals surface area contributed by atoms with Crippen molar-refractivity contribution in [2.45, 2.75) is 33.1 Å². The molecule has 0 aliphatic carbocycles. The van der Waals surface area contributed by atoms with Gasteiger partial charge in [-0.2, -0.15) is 0 Å². The van der Waals surface area contributed by atoms with Gasteiger partial charge in [-0.15, -0.1) is 0 Å². The number of hydrogen-bond acceptors (Lipinski definition) is 4. The van der Waals surface area contributed by atoms with E-state index in [1.54, 1.807) is 0 Å². The summed E-state index contributed by atoms with van der Waals surface area (Å²) in [6.45, 7) is 9.74. The number of nitrogens with one attached hydrogen (secondary N) is 1. The third-order valence-corrected chi connectivity index (χ3v) is 2.64. The van der Waals surface area contributed by atoms with Crippen LogP contribution in [0.3, 0.4) is 0 Å². The van der Waals surface area contributed by atoms with Gasteiger partial charge in [0.15, 0.2) is 0 Å². The van der Waals surface area contributed by atoms with Crippen molar-refractivity contribution in [1.82, 2.24) is 10.2 Å². The van der Waals surface area contributed by atoms with Crippen LogP contribution in [0, 0.1) is 0 Å². The summed E-state index contributed by atoms with van der Waals surface area (Å²) in [4.78, 5) is 2.41. The Morgan fingerprint density at radius 3 is 2.44 bits per heavy atom. The van der Waals surface area contributed by atoms with Crippen molar-refractivity contribution >= 4 is 5.84 Å². The van der Waals surface area contributed by atoms with E-state index in [9.17, 15) is 0 Å². The van der Waals surface area contributed by atoms with Crippen LogP contribution >= 0.6 is 0 Å². The van der Waals surface area contributed by atoms with Gasteiger partial charge in [0.1, 0.15) is 5.84 Å². The standard InChI is InChI=1S/C11H26N4O/c1-3-15(4-2)10-6-9-13-8-5-7-11(12)14-16/h13,16H,3-10H2,1-2H3,(H2,12,14). The molecule has 0 saturated heterocycles. The Morgan fingerprint density at radius 2 is 1.88 bits per heavy atom. The second-order valence-electron chi connectivity index (χ2n) is 3.83. The molecule has 0 aliphatic heterocycles. The number of hydrogen-bond donors (Lipinski definition) is 3. The molecule has 0 spiro atoms. The molecule has 0 fully saturated rings. The largest absolute Gasteiger partial charge is 0.409 e. The second-order valence-corrected chi connectivity index (χ2v) is 3.83. The van der Waals surface area contributed by atoms with Gasteiger partial charge in [-0.05, 0) is 45.6 Å². The number of oxime groups is 1. The minimum absolute atomic E-state index is 0.310. The van der Waals surface area contributed by atoms with Crippen LogP contribution < -0.4 is 11.1 Å².